The molecule has 1 aliphatic rings. The molecule has 0 aromatic heterocycles. The smallest absolute Gasteiger partial charge is 0.317 e. The first kappa shape index (κ1) is 14.7. The number of aryl methyl sites for hydroxylation is 1. The van der Waals surface area contributed by atoms with Gasteiger partial charge in [-0.3, -0.25) is 0 Å². The Balaban J connectivity index is 1.57. The maximum atomic E-state index is 11.8. The summed E-state index contributed by atoms with van der Waals surface area (Å²) in [6, 6.07) is 7.96. The number of hydrogen-bond acceptors (Lipinski definition) is 3. The molecule has 1 aromatic rings. The lowest BCUT2D eigenvalue weighted by Gasteiger charge is -2.26. The second-order valence-corrected chi connectivity index (χ2v) is 4.85. The predicted octanol–water partition coefficient (Wildman–Crippen LogP) is 1.81. The van der Waals surface area contributed by atoms with Crippen molar-refractivity contribution in [2.75, 3.05) is 39.5 Å². The topological polar surface area (TPSA) is 50.8 Å². The normalized spacial score (nSPS) is 14.9. The van der Waals surface area contributed by atoms with Crippen molar-refractivity contribution in [3.8, 4) is 5.75 Å². The number of ether oxygens (including phenoxy) is 2. The molecule has 1 aliphatic heterocycles. The number of morpholine rings is 1. The Morgan fingerprint density at radius 3 is 2.70 bits per heavy atom. The van der Waals surface area contributed by atoms with Crippen LogP contribution in [-0.4, -0.2) is 50.4 Å². The summed E-state index contributed by atoms with van der Waals surface area (Å²) in [6.07, 6.45) is 0.796. The van der Waals surface area contributed by atoms with E-state index in [0.717, 1.165) is 12.2 Å². The fourth-order valence-electron chi connectivity index (χ4n) is 1.97. The highest BCUT2D eigenvalue weighted by molar-refractivity contribution is 5.74. The molecule has 1 N–H and O–H groups in total. The van der Waals surface area contributed by atoms with Crippen LogP contribution in [0.3, 0.4) is 0 Å². The monoisotopic (exact) mass is 278 g/mol. The van der Waals surface area contributed by atoms with Gasteiger partial charge in [-0.15, -0.1) is 0 Å². The van der Waals surface area contributed by atoms with Crippen LogP contribution in [0.15, 0.2) is 24.3 Å². The van der Waals surface area contributed by atoms with Crippen LogP contribution in [0.25, 0.3) is 0 Å². The zero-order chi connectivity index (χ0) is 14.2. The highest BCUT2D eigenvalue weighted by Crippen LogP contribution is 2.11. The first-order valence-electron chi connectivity index (χ1n) is 7.06. The Hall–Kier alpha value is -1.75. The molecule has 0 aliphatic carbocycles. The third kappa shape index (κ3) is 4.74. The molecular formula is C15H22N2O3. The van der Waals surface area contributed by atoms with Crippen LogP contribution in [0.5, 0.6) is 5.75 Å². The van der Waals surface area contributed by atoms with Gasteiger partial charge in [0, 0.05) is 19.6 Å². The Bertz CT molecular complexity index is 414. The van der Waals surface area contributed by atoms with E-state index in [-0.39, 0.29) is 6.03 Å². The molecule has 0 spiro atoms. The van der Waals surface area contributed by atoms with E-state index in [1.807, 2.05) is 31.2 Å². The highest BCUT2D eigenvalue weighted by Gasteiger charge is 2.15. The summed E-state index contributed by atoms with van der Waals surface area (Å²) in [5, 5.41) is 2.90. The van der Waals surface area contributed by atoms with E-state index in [4.69, 9.17) is 9.47 Å². The molecule has 5 nitrogen and oxygen atoms in total. The van der Waals surface area contributed by atoms with E-state index in [2.05, 4.69) is 5.32 Å². The van der Waals surface area contributed by atoms with E-state index in [1.54, 1.807) is 4.90 Å². The molecule has 1 aromatic carbocycles. The van der Waals surface area contributed by atoms with Gasteiger partial charge >= 0.3 is 6.03 Å². The molecule has 0 radical (unpaired) electrons. The van der Waals surface area contributed by atoms with Crippen molar-refractivity contribution < 1.29 is 14.3 Å². The minimum absolute atomic E-state index is 0.0105. The summed E-state index contributed by atoms with van der Waals surface area (Å²) in [7, 11) is 0. The second-order valence-electron chi connectivity index (χ2n) is 4.85. The molecule has 110 valence electrons. The van der Waals surface area contributed by atoms with Gasteiger partial charge in [-0.05, 0) is 25.5 Å². The lowest BCUT2D eigenvalue weighted by atomic mass is 10.2. The minimum atomic E-state index is -0.0105. The number of nitrogens with zero attached hydrogens (tertiary/aromatic N) is 1. The zero-order valence-corrected chi connectivity index (χ0v) is 11.9. The Kier molecular flexibility index (Phi) is 5.68. The Labute approximate surface area is 119 Å². The highest BCUT2D eigenvalue weighted by atomic mass is 16.5. The summed E-state index contributed by atoms with van der Waals surface area (Å²) < 4.78 is 10.8. The standard InChI is InChI=1S/C15H22N2O3/c1-13-3-5-14(6-4-13)20-10-2-7-16-15(18)17-8-11-19-12-9-17/h3-6H,2,7-12H2,1H3,(H,16,18). The van der Waals surface area contributed by atoms with Gasteiger partial charge in [0.15, 0.2) is 0 Å². The Morgan fingerprint density at radius 1 is 1.30 bits per heavy atom. The molecule has 5 heteroatoms. The SMILES string of the molecule is Cc1ccc(OCCCNC(=O)N2CCOCC2)cc1. The van der Waals surface area contributed by atoms with Gasteiger partial charge in [-0.2, -0.15) is 0 Å². The number of nitrogens with one attached hydrogen (secondary N) is 1. The van der Waals surface area contributed by atoms with Crippen molar-refractivity contribution in [3.05, 3.63) is 29.8 Å². The van der Waals surface area contributed by atoms with Gasteiger partial charge in [-0.25, -0.2) is 4.79 Å². The molecule has 0 unspecified atom stereocenters. The average molecular weight is 278 g/mol. The summed E-state index contributed by atoms with van der Waals surface area (Å²) in [5.41, 5.74) is 1.22. The molecule has 0 atom stereocenters. The fourth-order valence-corrected chi connectivity index (χ4v) is 1.97. The van der Waals surface area contributed by atoms with Gasteiger partial charge in [0.1, 0.15) is 5.75 Å². The number of carbonyl (C=O) groups excluding carboxylic acids is 1. The van der Waals surface area contributed by atoms with Crippen LogP contribution in [0, 0.1) is 6.92 Å². The van der Waals surface area contributed by atoms with Gasteiger partial charge in [0.25, 0.3) is 0 Å². The minimum Gasteiger partial charge on any atom is -0.494 e. The van der Waals surface area contributed by atoms with Gasteiger partial charge < -0.3 is 19.7 Å². The summed E-state index contributed by atoms with van der Waals surface area (Å²) in [4.78, 5) is 13.6. The van der Waals surface area contributed by atoms with Crippen LogP contribution in [-0.2, 0) is 4.74 Å². The van der Waals surface area contributed by atoms with E-state index in [1.165, 1.54) is 5.56 Å². The third-order valence-electron chi connectivity index (χ3n) is 3.19. The molecule has 1 fully saturated rings. The molecule has 1 heterocycles. The van der Waals surface area contributed by atoms with Crippen molar-refractivity contribution in [2.45, 2.75) is 13.3 Å². The van der Waals surface area contributed by atoms with Gasteiger partial charge in [0.05, 0.1) is 19.8 Å². The van der Waals surface area contributed by atoms with E-state index in [9.17, 15) is 4.79 Å². The van der Waals surface area contributed by atoms with E-state index in [0.29, 0.717) is 39.5 Å². The van der Waals surface area contributed by atoms with Crippen LogP contribution in [0.1, 0.15) is 12.0 Å². The van der Waals surface area contributed by atoms with Crippen LogP contribution in [0.2, 0.25) is 0 Å². The van der Waals surface area contributed by atoms with E-state index < -0.39 is 0 Å². The van der Waals surface area contributed by atoms with Crippen molar-refractivity contribution >= 4 is 6.03 Å². The maximum Gasteiger partial charge on any atom is 0.317 e. The number of benzene rings is 1. The van der Waals surface area contributed by atoms with Gasteiger partial charge in [0.2, 0.25) is 0 Å². The molecule has 0 saturated carbocycles. The Morgan fingerprint density at radius 2 is 2.00 bits per heavy atom. The summed E-state index contributed by atoms with van der Waals surface area (Å²) >= 11 is 0. The first-order valence-corrected chi connectivity index (χ1v) is 7.06. The van der Waals surface area contributed by atoms with Crippen molar-refractivity contribution in [1.82, 2.24) is 10.2 Å². The third-order valence-corrected chi connectivity index (χ3v) is 3.19. The predicted molar refractivity (Wildman–Crippen MR) is 77.1 cm³/mol. The molecule has 2 rings (SSSR count). The number of carbonyl (C=O) groups is 1. The lowest BCUT2D eigenvalue weighted by molar-refractivity contribution is 0.0532. The second kappa shape index (κ2) is 7.75. The van der Waals surface area contributed by atoms with Crippen LogP contribution < -0.4 is 10.1 Å². The quantitative estimate of drug-likeness (QED) is 0.836. The van der Waals surface area contributed by atoms with Crippen molar-refractivity contribution in [2.24, 2.45) is 0 Å². The number of urea groups is 1. The molecule has 0 bridgehead atoms. The number of rotatable bonds is 5. The lowest BCUT2D eigenvalue weighted by Crippen LogP contribution is -2.46. The number of hydrogen-bond donors (Lipinski definition) is 1. The number of amides is 2. The molecular weight excluding hydrogens is 256 g/mol. The average Bonchev–Trinajstić information content (AvgIpc) is 2.49. The summed E-state index contributed by atoms with van der Waals surface area (Å²) in [6.45, 7) is 5.88. The largest absolute Gasteiger partial charge is 0.494 e. The zero-order valence-electron chi connectivity index (χ0n) is 11.9. The molecule has 2 amide bonds. The molecule has 20 heavy (non-hydrogen) atoms. The van der Waals surface area contributed by atoms with Crippen molar-refractivity contribution in [3.63, 3.8) is 0 Å². The van der Waals surface area contributed by atoms with Gasteiger partial charge in [-0.1, -0.05) is 17.7 Å². The first-order chi connectivity index (χ1) is 9.75. The van der Waals surface area contributed by atoms with Crippen LogP contribution in [0.4, 0.5) is 4.79 Å². The van der Waals surface area contributed by atoms with Crippen LogP contribution >= 0.6 is 0 Å². The summed E-state index contributed by atoms with van der Waals surface area (Å²) in [5.74, 6) is 0.870. The van der Waals surface area contributed by atoms with E-state index >= 15 is 0 Å². The molecule has 1 saturated heterocycles. The fraction of sp³-hybridized carbons (Fsp3) is 0.533. The van der Waals surface area contributed by atoms with Crippen molar-refractivity contribution in [1.29, 1.82) is 0 Å². The maximum absolute atomic E-state index is 11.8.